The molecule has 7 nitrogen and oxygen atoms in total. The Labute approximate surface area is 206 Å². The van der Waals surface area contributed by atoms with Gasteiger partial charge in [0.15, 0.2) is 5.96 Å². The van der Waals surface area contributed by atoms with Crippen LogP contribution in [0.3, 0.4) is 0 Å². The highest BCUT2D eigenvalue weighted by atomic mass is 127. The van der Waals surface area contributed by atoms with Crippen molar-refractivity contribution in [1.82, 2.24) is 25.3 Å². The second-order valence-corrected chi connectivity index (χ2v) is 7.53. The molecule has 0 saturated carbocycles. The fourth-order valence-electron chi connectivity index (χ4n) is 3.20. The van der Waals surface area contributed by atoms with E-state index in [2.05, 4.69) is 32.9 Å². The molecule has 0 atom stereocenters. The summed E-state index contributed by atoms with van der Waals surface area (Å²) in [4.78, 5) is 18.0. The number of nitrogens with one attached hydrogen (secondary N) is 2. The molecule has 0 spiro atoms. The normalized spacial score (nSPS) is 10.9. The van der Waals surface area contributed by atoms with Gasteiger partial charge in [0.1, 0.15) is 0 Å². The van der Waals surface area contributed by atoms with Crippen LogP contribution in [0.25, 0.3) is 0 Å². The van der Waals surface area contributed by atoms with E-state index in [1.807, 2.05) is 59.5 Å². The first-order chi connectivity index (χ1) is 15.0. The van der Waals surface area contributed by atoms with Crippen LogP contribution < -0.4 is 10.6 Å². The van der Waals surface area contributed by atoms with Crippen LogP contribution in [0.4, 0.5) is 0 Å². The summed E-state index contributed by atoms with van der Waals surface area (Å²) in [7, 11) is 5.28. The van der Waals surface area contributed by atoms with Crippen LogP contribution in [0.5, 0.6) is 0 Å². The molecule has 0 aliphatic carbocycles. The Morgan fingerprint density at radius 2 is 1.78 bits per heavy atom. The van der Waals surface area contributed by atoms with Crippen molar-refractivity contribution >= 4 is 35.8 Å². The van der Waals surface area contributed by atoms with Gasteiger partial charge in [-0.1, -0.05) is 42.5 Å². The van der Waals surface area contributed by atoms with E-state index in [0.717, 1.165) is 30.1 Å². The number of guanidine groups is 1. The minimum atomic E-state index is 0. The van der Waals surface area contributed by atoms with E-state index in [9.17, 15) is 4.79 Å². The molecule has 0 unspecified atom stereocenters. The van der Waals surface area contributed by atoms with Crippen LogP contribution >= 0.6 is 24.0 Å². The van der Waals surface area contributed by atoms with Gasteiger partial charge in [0.25, 0.3) is 5.91 Å². The summed E-state index contributed by atoms with van der Waals surface area (Å²) in [6.07, 6.45) is 4.71. The third-order valence-electron chi connectivity index (χ3n) is 4.84. The van der Waals surface area contributed by atoms with E-state index in [-0.39, 0.29) is 29.9 Å². The molecule has 8 heteroatoms. The molecule has 1 heterocycles. The molecule has 0 aliphatic rings. The molecular weight excluding hydrogens is 515 g/mol. The number of rotatable bonds is 8. The maximum Gasteiger partial charge on any atom is 0.253 e. The Morgan fingerprint density at radius 1 is 1.03 bits per heavy atom. The minimum absolute atomic E-state index is 0. The van der Waals surface area contributed by atoms with E-state index in [0.29, 0.717) is 18.7 Å². The lowest BCUT2D eigenvalue weighted by molar-refractivity contribution is 0.0827. The first kappa shape index (κ1) is 25.4. The molecule has 1 amide bonds. The number of amides is 1. The van der Waals surface area contributed by atoms with Crippen molar-refractivity contribution in [1.29, 1.82) is 0 Å². The summed E-state index contributed by atoms with van der Waals surface area (Å²) in [5.41, 5.74) is 4.13. The number of carbonyl (C=O) groups excluding carboxylic acids is 1. The predicted octanol–water partition coefficient (Wildman–Crippen LogP) is 3.16. The maximum absolute atomic E-state index is 12.1. The lowest BCUT2D eigenvalue weighted by Gasteiger charge is -2.13. The van der Waals surface area contributed by atoms with Crippen LogP contribution in [-0.2, 0) is 19.5 Å². The van der Waals surface area contributed by atoms with Crippen LogP contribution in [0.1, 0.15) is 27.0 Å². The van der Waals surface area contributed by atoms with Crippen LogP contribution in [0.2, 0.25) is 0 Å². The minimum Gasteiger partial charge on any atom is -0.356 e. The Balaban J connectivity index is 0.00000363. The number of carbonyl (C=O) groups is 1. The average molecular weight is 546 g/mol. The van der Waals surface area contributed by atoms with Gasteiger partial charge >= 0.3 is 0 Å². The number of benzene rings is 2. The Kier molecular flexibility index (Phi) is 10.2. The molecule has 3 rings (SSSR count). The van der Waals surface area contributed by atoms with Crippen molar-refractivity contribution in [3.05, 3.63) is 89.2 Å². The number of nitrogens with zero attached hydrogens (tertiary/aromatic N) is 4. The van der Waals surface area contributed by atoms with Gasteiger partial charge in [0.05, 0.1) is 12.7 Å². The summed E-state index contributed by atoms with van der Waals surface area (Å²) < 4.78 is 1.94. The van der Waals surface area contributed by atoms with Gasteiger partial charge in [0.2, 0.25) is 0 Å². The molecule has 0 aliphatic heterocycles. The predicted molar refractivity (Wildman–Crippen MR) is 140 cm³/mol. The summed E-state index contributed by atoms with van der Waals surface area (Å²) >= 11 is 0. The van der Waals surface area contributed by atoms with E-state index < -0.39 is 0 Å². The van der Waals surface area contributed by atoms with Gasteiger partial charge in [-0.05, 0) is 29.7 Å². The fraction of sp³-hybridized carbons (Fsp3) is 0.292. The fourth-order valence-corrected chi connectivity index (χ4v) is 3.20. The molecule has 0 fully saturated rings. The molecule has 2 aromatic carbocycles. The molecule has 0 bridgehead atoms. The lowest BCUT2D eigenvalue weighted by Crippen LogP contribution is -2.37. The highest BCUT2D eigenvalue weighted by molar-refractivity contribution is 14.0. The molecular formula is C24H31IN6O. The highest BCUT2D eigenvalue weighted by Gasteiger charge is 2.08. The number of aromatic nitrogens is 2. The summed E-state index contributed by atoms with van der Waals surface area (Å²) in [5.74, 6) is 0.747. The molecule has 2 N–H and O–H groups in total. The van der Waals surface area contributed by atoms with Gasteiger partial charge in [0, 0.05) is 51.6 Å². The van der Waals surface area contributed by atoms with Crippen molar-refractivity contribution in [2.45, 2.75) is 19.5 Å². The largest absolute Gasteiger partial charge is 0.356 e. The van der Waals surface area contributed by atoms with Crippen LogP contribution in [0.15, 0.2) is 72.0 Å². The number of hydrogen-bond donors (Lipinski definition) is 2. The Hall–Kier alpha value is -2.88. The average Bonchev–Trinajstić information content (AvgIpc) is 3.23. The van der Waals surface area contributed by atoms with E-state index >= 15 is 0 Å². The molecule has 0 radical (unpaired) electrons. The Morgan fingerprint density at radius 3 is 2.50 bits per heavy atom. The first-order valence-electron chi connectivity index (χ1n) is 10.4. The second-order valence-electron chi connectivity index (χ2n) is 7.53. The van der Waals surface area contributed by atoms with E-state index in [4.69, 9.17) is 0 Å². The summed E-state index contributed by atoms with van der Waals surface area (Å²) in [5, 5.41) is 11.1. The van der Waals surface area contributed by atoms with Gasteiger partial charge in [-0.3, -0.25) is 14.5 Å². The first-order valence-corrected chi connectivity index (χ1v) is 10.4. The van der Waals surface area contributed by atoms with Gasteiger partial charge < -0.3 is 15.5 Å². The summed E-state index contributed by atoms with van der Waals surface area (Å²) in [6.45, 7) is 2.11. The topological polar surface area (TPSA) is 74.6 Å². The molecule has 170 valence electrons. The lowest BCUT2D eigenvalue weighted by atomic mass is 10.1. The van der Waals surface area contributed by atoms with Crippen LogP contribution in [0, 0.1) is 0 Å². The van der Waals surface area contributed by atoms with Crippen molar-refractivity contribution < 1.29 is 4.79 Å². The van der Waals surface area contributed by atoms with Gasteiger partial charge in [-0.15, -0.1) is 24.0 Å². The van der Waals surface area contributed by atoms with Crippen molar-refractivity contribution in [2.24, 2.45) is 4.99 Å². The standard InChI is InChI=1S/C24H30N6O.HI/c1-25-24(26-13-12-19-10-7-11-22(14-19)23(31)29(2)3)27-15-21-16-28-30(18-21)17-20-8-5-4-6-9-20;/h4-11,14,16,18H,12-13,15,17H2,1-3H3,(H2,25,26,27);1H. The van der Waals surface area contributed by atoms with Crippen molar-refractivity contribution in [3.63, 3.8) is 0 Å². The monoisotopic (exact) mass is 546 g/mol. The summed E-state index contributed by atoms with van der Waals surface area (Å²) in [6, 6.07) is 18.0. The van der Waals surface area contributed by atoms with E-state index in [1.54, 1.807) is 26.0 Å². The van der Waals surface area contributed by atoms with Crippen molar-refractivity contribution in [3.8, 4) is 0 Å². The Bertz CT molecular complexity index is 1020. The van der Waals surface area contributed by atoms with Crippen LogP contribution in [-0.4, -0.2) is 54.2 Å². The molecule has 1 aromatic heterocycles. The molecule has 3 aromatic rings. The number of hydrogen-bond acceptors (Lipinski definition) is 3. The highest BCUT2D eigenvalue weighted by Crippen LogP contribution is 2.08. The second kappa shape index (κ2) is 12.8. The number of halogens is 1. The third-order valence-corrected chi connectivity index (χ3v) is 4.84. The third kappa shape index (κ3) is 7.67. The maximum atomic E-state index is 12.1. The number of aliphatic imine (C=N–C) groups is 1. The van der Waals surface area contributed by atoms with Gasteiger partial charge in [-0.25, -0.2) is 0 Å². The molecule has 32 heavy (non-hydrogen) atoms. The quantitative estimate of drug-likeness (QED) is 0.259. The zero-order valence-electron chi connectivity index (χ0n) is 18.8. The zero-order chi connectivity index (χ0) is 22.1. The SMILES string of the molecule is CN=C(NCCc1cccc(C(=O)N(C)C)c1)NCc1cnn(Cc2ccccc2)c1.I. The van der Waals surface area contributed by atoms with E-state index in [1.165, 1.54) is 5.56 Å². The smallest absolute Gasteiger partial charge is 0.253 e. The van der Waals surface area contributed by atoms with Crippen molar-refractivity contribution in [2.75, 3.05) is 27.7 Å². The van der Waals surface area contributed by atoms with Gasteiger partial charge in [-0.2, -0.15) is 5.10 Å². The molecule has 0 saturated heterocycles. The zero-order valence-corrected chi connectivity index (χ0v) is 21.1.